The summed E-state index contributed by atoms with van der Waals surface area (Å²) in [5.41, 5.74) is 22.1. The van der Waals surface area contributed by atoms with Crippen molar-refractivity contribution in [2.75, 3.05) is 11.5 Å². The minimum Gasteiger partial charge on any atom is -0.377 e. The van der Waals surface area contributed by atoms with Gasteiger partial charge in [0.15, 0.2) is 0 Å². The molecule has 5 aromatic carbocycles. The van der Waals surface area contributed by atoms with Crippen molar-refractivity contribution in [3.05, 3.63) is 229 Å². The Morgan fingerprint density at radius 3 is 2.17 bits per heavy atom. The van der Waals surface area contributed by atoms with E-state index in [1.807, 2.05) is 6.08 Å². The summed E-state index contributed by atoms with van der Waals surface area (Å²) >= 11 is 0. The smallest absolute Gasteiger partial charge is 0.0640 e. The average molecular weight is 1110 g/mol. The van der Waals surface area contributed by atoms with Crippen LogP contribution in [0.25, 0.3) is 55.3 Å². The summed E-state index contributed by atoms with van der Waals surface area (Å²) in [6.07, 6.45) is 50.2. The molecule has 0 bridgehead atoms. The zero-order chi connectivity index (χ0) is 57.3. The third kappa shape index (κ3) is 10.9. The number of hydrogen-bond acceptors (Lipinski definition) is 2. The predicted molar refractivity (Wildman–Crippen MR) is 360 cm³/mol. The molecule has 7 aliphatic carbocycles. The van der Waals surface area contributed by atoms with Gasteiger partial charge in [-0.2, -0.15) is 0 Å². The Balaban J connectivity index is 0.787. The molecule has 84 heavy (non-hydrogen) atoms. The first kappa shape index (κ1) is 56.2. The van der Waals surface area contributed by atoms with E-state index in [9.17, 15) is 0 Å². The van der Waals surface area contributed by atoms with Gasteiger partial charge >= 0.3 is 0 Å². The van der Waals surface area contributed by atoms with Gasteiger partial charge in [-0.3, -0.25) is 0 Å². The fourth-order valence-electron chi connectivity index (χ4n) is 16.3. The highest BCUT2D eigenvalue weighted by atomic mass is 16.5. The second-order valence-corrected chi connectivity index (χ2v) is 26.6. The second-order valence-electron chi connectivity index (χ2n) is 26.6. The lowest BCUT2D eigenvalue weighted by Crippen LogP contribution is -2.37. The van der Waals surface area contributed by atoms with Crippen molar-refractivity contribution in [3.63, 3.8) is 0 Å². The van der Waals surface area contributed by atoms with Gasteiger partial charge in [-0.15, -0.1) is 6.58 Å². The normalized spacial score (nSPS) is 25.5. The molecule has 1 heterocycles. The van der Waals surface area contributed by atoms with E-state index >= 15 is 0 Å². The first-order valence-electron chi connectivity index (χ1n) is 32.7. The van der Waals surface area contributed by atoms with Crippen molar-refractivity contribution in [1.82, 2.24) is 4.57 Å². The van der Waals surface area contributed by atoms with Crippen molar-refractivity contribution in [2.45, 2.75) is 154 Å². The molecule has 7 aliphatic rings. The highest BCUT2D eigenvalue weighted by Crippen LogP contribution is 2.59. The van der Waals surface area contributed by atoms with E-state index in [0.717, 1.165) is 70.8 Å². The van der Waals surface area contributed by atoms with Gasteiger partial charge in [0.2, 0.25) is 0 Å². The Hall–Kier alpha value is -6.94. The molecule has 6 aromatic rings. The van der Waals surface area contributed by atoms with Crippen molar-refractivity contribution in [2.24, 2.45) is 35.5 Å². The maximum atomic E-state index is 6.89. The van der Waals surface area contributed by atoms with E-state index in [1.54, 1.807) is 11.1 Å². The summed E-state index contributed by atoms with van der Waals surface area (Å²) in [6, 6.07) is 41.5. The fraction of sp³-hybridized carbons (Fsp3) is 0.383. The number of aromatic nitrogens is 1. The molecule has 430 valence electrons. The quantitative estimate of drug-likeness (QED) is 0.0798. The van der Waals surface area contributed by atoms with Crippen molar-refractivity contribution in [1.29, 1.82) is 0 Å². The fourth-order valence-corrected chi connectivity index (χ4v) is 16.3. The lowest BCUT2D eigenvalue weighted by atomic mass is 9.61. The van der Waals surface area contributed by atoms with Crippen molar-refractivity contribution in [3.8, 4) is 22.3 Å². The molecule has 0 amide bonds. The molecule has 0 aliphatic heterocycles. The maximum Gasteiger partial charge on any atom is 0.0640 e. The number of fused-ring (bicyclic) bond motifs is 6. The zero-order valence-electron chi connectivity index (χ0n) is 50.9. The number of hydrogen-bond donors (Lipinski definition) is 0. The molecule has 0 fully saturated rings. The molecule has 0 radical (unpaired) electrons. The van der Waals surface area contributed by atoms with Crippen LogP contribution in [0, 0.1) is 35.5 Å². The second kappa shape index (κ2) is 24.6. The van der Waals surface area contributed by atoms with Gasteiger partial charge < -0.3 is 14.2 Å². The van der Waals surface area contributed by atoms with Crippen molar-refractivity contribution < 1.29 is 4.74 Å². The van der Waals surface area contributed by atoms with Gasteiger partial charge in [0, 0.05) is 45.8 Å². The summed E-state index contributed by atoms with van der Waals surface area (Å²) in [4.78, 5) is 2.69. The van der Waals surface area contributed by atoms with Gasteiger partial charge in [0.05, 0.1) is 23.2 Å². The summed E-state index contributed by atoms with van der Waals surface area (Å²) in [7, 11) is 0. The molecule has 0 saturated carbocycles. The van der Waals surface area contributed by atoms with Crippen LogP contribution < -0.4 is 4.90 Å². The Morgan fingerprint density at radius 1 is 0.702 bits per heavy atom. The maximum absolute atomic E-state index is 6.89. The Bertz CT molecular complexity index is 3710. The number of rotatable bonds is 18. The van der Waals surface area contributed by atoms with Gasteiger partial charge in [-0.05, 0) is 244 Å². The number of allylic oxidation sites excluding steroid dienone is 16. The number of nitrogens with zero attached hydrogens (tertiary/aromatic N) is 2. The van der Waals surface area contributed by atoms with Crippen LogP contribution in [0.1, 0.15) is 154 Å². The predicted octanol–water partition coefficient (Wildman–Crippen LogP) is 22.2. The van der Waals surface area contributed by atoms with Crippen LogP contribution in [0.5, 0.6) is 0 Å². The minimum atomic E-state index is -0.111. The number of anilines is 2. The van der Waals surface area contributed by atoms with E-state index in [0.29, 0.717) is 41.6 Å². The van der Waals surface area contributed by atoms with Gasteiger partial charge in [-0.1, -0.05) is 172 Å². The molecule has 9 atom stereocenters. The highest BCUT2D eigenvalue weighted by molar-refractivity contribution is 6.12. The molecular weight excluding hydrogens is 1020 g/mol. The molecular formula is C81H90N2O. The molecule has 0 N–H and O–H groups in total. The van der Waals surface area contributed by atoms with Crippen LogP contribution >= 0.6 is 0 Å². The van der Waals surface area contributed by atoms with Crippen LogP contribution in [0.15, 0.2) is 212 Å². The van der Waals surface area contributed by atoms with Crippen LogP contribution in [-0.2, 0) is 10.2 Å². The van der Waals surface area contributed by atoms with E-state index in [4.69, 9.17) is 4.74 Å². The van der Waals surface area contributed by atoms with Gasteiger partial charge in [-0.25, -0.2) is 0 Å². The average Bonchev–Trinajstić information content (AvgIpc) is 1.80. The molecule has 1 aromatic heterocycles. The highest BCUT2D eigenvalue weighted by Gasteiger charge is 2.49. The van der Waals surface area contributed by atoms with Crippen LogP contribution in [0.4, 0.5) is 11.4 Å². The molecule has 0 spiro atoms. The van der Waals surface area contributed by atoms with Crippen LogP contribution in [0.3, 0.4) is 0 Å². The Morgan fingerprint density at radius 2 is 1.45 bits per heavy atom. The standard InChI is InChI=1S/C81H90N2O/c1-7-59-30-34-61(35-31-59)64-40-46-78-74(50-64)75-51-65(41-47-79(75)83(78)68-24-16-11-17-25-68)62-38-42-69(43-39-62)82(67-22-14-10-15-23-67)70-44-45-72-71-26-18-19-27-76(71)81(77(72)52-70,66-20-12-9-13-21-66)53-55(3)28-29-56(4)54-84-80-49-57(5)73(48-58(80)6)63-36-32-60(8-2)33-37-63/h7-8,11-12,14,16,18-20,22,24,26-27,32-34,36,38-47,50-52,55-56,58-59,63,66-67,80H,1-2,9-10,13,15,17,21,23,25,28-31,35,37,48-49,53-54H2,3-6H3. The summed E-state index contributed by atoms with van der Waals surface area (Å²) in [6.45, 7) is 18.7. The topological polar surface area (TPSA) is 17.4 Å². The Kier molecular flexibility index (Phi) is 16.4. The van der Waals surface area contributed by atoms with E-state index < -0.39 is 0 Å². The first-order valence-corrected chi connectivity index (χ1v) is 32.7. The third-order valence-electron chi connectivity index (χ3n) is 21.0. The first-order chi connectivity index (χ1) is 41.2. The molecule has 0 saturated heterocycles. The summed E-state index contributed by atoms with van der Waals surface area (Å²) in [5.74, 6) is 3.11. The number of benzene rings is 5. The van der Waals surface area contributed by atoms with E-state index in [1.165, 1.54) is 134 Å². The molecule has 13 rings (SSSR count). The number of ether oxygens (including phenoxy) is 1. The minimum absolute atomic E-state index is 0.111. The zero-order valence-corrected chi connectivity index (χ0v) is 50.9. The van der Waals surface area contributed by atoms with Crippen LogP contribution in [0.2, 0.25) is 0 Å². The molecule has 9 unspecified atom stereocenters. The molecule has 3 nitrogen and oxygen atoms in total. The monoisotopic (exact) mass is 1110 g/mol. The summed E-state index contributed by atoms with van der Waals surface area (Å²) < 4.78 is 9.43. The Labute approximate surface area is 503 Å². The van der Waals surface area contributed by atoms with E-state index in [-0.39, 0.29) is 11.5 Å². The van der Waals surface area contributed by atoms with Gasteiger partial charge in [0.25, 0.3) is 0 Å². The molecule has 3 heteroatoms. The van der Waals surface area contributed by atoms with Gasteiger partial charge in [0.1, 0.15) is 0 Å². The van der Waals surface area contributed by atoms with Crippen LogP contribution in [-0.4, -0.2) is 23.3 Å². The third-order valence-corrected chi connectivity index (χ3v) is 21.0. The SMILES string of the molecule is C=CC1=CCC(C2=C(C)CC(OCC(C)CCC(C)CC3(C4C=CCCC4)c4ccccc4-c4ccc(N(c5ccc(-c6ccc7c(c6)c6cc(C8=CCC(C=C)CC8)ccc6n7C6=CC=CCC6)cc5)C5C=CCCC5)cc43)C(C)C2)C=C1. The largest absolute Gasteiger partial charge is 0.377 e. The lowest BCUT2D eigenvalue weighted by molar-refractivity contribution is -0.00602. The van der Waals surface area contributed by atoms with Crippen molar-refractivity contribution >= 4 is 44.5 Å². The lowest BCUT2D eigenvalue weighted by Gasteiger charge is -2.42. The summed E-state index contributed by atoms with van der Waals surface area (Å²) in [5, 5.41) is 2.66. The van der Waals surface area contributed by atoms with E-state index in [2.05, 4.69) is 226 Å².